The van der Waals surface area contributed by atoms with E-state index in [1.54, 1.807) is 31.4 Å². The molecule has 0 aliphatic carbocycles. The highest BCUT2D eigenvalue weighted by Gasteiger charge is 2.11. The number of amides is 2. The average molecular weight is 349 g/mol. The van der Waals surface area contributed by atoms with Crippen molar-refractivity contribution >= 4 is 23.3 Å². The van der Waals surface area contributed by atoms with Crippen LogP contribution in [-0.4, -0.2) is 30.9 Å². The lowest BCUT2D eigenvalue weighted by Crippen LogP contribution is -2.40. The Morgan fingerprint density at radius 3 is 2.42 bits per heavy atom. The quantitative estimate of drug-likeness (QED) is 0.717. The Hall–Kier alpha value is -2.24. The molecule has 128 valence electrons. The average Bonchev–Trinajstić information content (AvgIpc) is 2.61. The van der Waals surface area contributed by atoms with Gasteiger partial charge in [0.25, 0.3) is 0 Å². The van der Waals surface area contributed by atoms with Gasteiger partial charge in [-0.1, -0.05) is 23.7 Å². The molecule has 0 saturated heterocycles. The van der Waals surface area contributed by atoms with Crippen molar-refractivity contribution in [2.45, 2.75) is 18.9 Å². The highest BCUT2D eigenvalue weighted by atomic mass is 35.5. The van der Waals surface area contributed by atoms with E-state index in [1.165, 1.54) is 0 Å². The van der Waals surface area contributed by atoms with E-state index >= 15 is 0 Å². The molecule has 0 bridgehead atoms. The van der Waals surface area contributed by atoms with E-state index in [2.05, 4.69) is 10.6 Å². The first-order chi connectivity index (χ1) is 11.6. The summed E-state index contributed by atoms with van der Waals surface area (Å²) in [7, 11) is 1.63. The SMILES string of the molecule is COc1ccc(CC[C@H](CO)NC(=O)Nc2ccc(Cl)cc2)cc1. The van der Waals surface area contributed by atoms with Gasteiger partial charge in [-0.3, -0.25) is 0 Å². The second kappa shape index (κ2) is 9.15. The molecule has 0 aliphatic heterocycles. The predicted octanol–water partition coefficient (Wildman–Crippen LogP) is 3.46. The van der Waals surface area contributed by atoms with Crippen molar-refractivity contribution in [1.29, 1.82) is 0 Å². The number of carbonyl (C=O) groups excluding carboxylic acids is 1. The number of nitrogens with one attached hydrogen (secondary N) is 2. The van der Waals surface area contributed by atoms with Crippen molar-refractivity contribution < 1.29 is 14.6 Å². The molecule has 1 atom stereocenters. The molecule has 0 saturated carbocycles. The van der Waals surface area contributed by atoms with Crippen LogP contribution in [0.25, 0.3) is 0 Å². The summed E-state index contributed by atoms with van der Waals surface area (Å²) >= 11 is 5.80. The summed E-state index contributed by atoms with van der Waals surface area (Å²) in [6.45, 7) is -0.121. The minimum atomic E-state index is -0.355. The van der Waals surface area contributed by atoms with E-state index in [4.69, 9.17) is 16.3 Å². The van der Waals surface area contributed by atoms with Gasteiger partial charge in [-0.2, -0.15) is 0 Å². The van der Waals surface area contributed by atoms with Crippen LogP contribution in [0, 0.1) is 0 Å². The number of ether oxygens (including phenoxy) is 1. The van der Waals surface area contributed by atoms with Crippen LogP contribution in [0.15, 0.2) is 48.5 Å². The highest BCUT2D eigenvalue weighted by Crippen LogP contribution is 2.14. The molecule has 24 heavy (non-hydrogen) atoms. The van der Waals surface area contributed by atoms with Gasteiger partial charge in [0.05, 0.1) is 19.8 Å². The number of halogens is 1. The minimum absolute atomic E-state index is 0.121. The van der Waals surface area contributed by atoms with E-state index in [0.717, 1.165) is 17.7 Å². The Bertz CT molecular complexity index is 644. The third kappa shape index (κ3) is 5.76. The Morgan fingerprint density at radius 1 is 1.17 bits per heavy atom. The Morgan fingerprint density at radius 2 is 1.83 bits per heavy atom. The molecule has 0 fully saturated rings. The van der Waals surface area contributed by atoms with Gasteiger partial charge in [0, 0.05) is 10.7 Å². The summed E-state index contributed by atoms with van der Waals surface area (Å²) in [6.07, 6.45) is 1.38. The second-order valence-corrected chi connectivity index (χ2v) is 5.81. The minimum Gasteiger partial charge on any atom is -0.497 e. The predicted molar refractivity (Wildman–Crippen MR) is 95.8 cm³/mol. The number of urea groups is 1. The molecule has 0 radical (unpaired) electrons. The third-order valence-electron chi connectivity index (χ3n) is 3.60. The van der Waals surface area contributed by atoms with Crippen LogP contribution in [0.1, 0.15) is 12.0 Å². The monoisotopic (exact) mass is 348 g/mol. The second-order valence-electron chi connectivity index (χ2n) is 5.37. The largest absolute Gasteiger partial charge is 0.497 e. The zero-order valence-corrected chi connectivity index (χ0v) is 14.2. The zero-order chi connectivity index (χ0) is 17.4. The lowest BCUT2D eigenvalue weighted by molar-refractivity contribution is 0.220. The summed E-state index contributed by atoms with van der Waals surface area (Å²) < 4.78 is 5.12. The molecule has 0 heterocycles. The number of hydrogen-bond acceptors (Lipinski definition) is 3. The number of aliphatic hydroxyl groups excluding tert-OH is 1. The van der Waals surface area contributed by atoms with Crippen LogP contribution >= 0.6 is 11.6 Å². The highest BCUT2D eigenvalue weighted by molar-refractivity contribution is 6.30. The Balaban J connectivity index is 1.81. The number of aryl methyl sites for hydroxylation is 1. The summed E-state index contributed by atoms with van der Waals surface area (Å²) in [5, 5.41) is 15.5. The van der Waals surface area contributed by atoms with Crippen molar-refractivity contribution in [3.63, 3.8) is 0 Å². The van der Waals surface area contributed by atoms with Crippen LogP contribution in [0.3, 0.4) is 0 Å². The van der Waals surface area contributed by atoms with Gasteiger partial charge >= 0.3 is 6.03 Å². The van der Waals surface area contributed by atoms with Gasteiger partial charge in [0.2, 0.25) is 0 Å². The van der Waals surface area contributed by atoms with Gasteiger partial charge in [0.1, 0.15) is 5.75 Å². The number of hydrogen-bond donors (Lipinski definition) is 3. The summed E-state index contributed by atoms with van der Waals surface area (Å²) in [5.41, 5.74) is 1.76. The number of rotatable bonds is 7. The van der Waals surface area contributed by atoms with Crippen molar-refractivity contribution in [1.82, 2.24) is 5.32 Å². The van der Waals surface area contributed by atoms with E-state index in [9.17, 15) is 9.90 Å². The molecule has 2 rings (SSSR count). The Kier molecular flexibility index (Phi) is 6.90. The van der Waals surface area contributed by atoms with Crippen LogP contribution in [0.5, 0.6) is 5.75 Å². The topological polar surface area (TPSA) is 70.6 Å². The number of anilines is 1. The molecular formula is C18H21ClN2O3. The Labute approximate surface area is 146 Å². The maximum atomic E-state index is 12.0. The first-order valence-electron chi connectivity index (χ1n) is 7.67. The molecule has 0 aromatic heterocycles. The van der Waals surface area contributed by atoms with Crippen molar-refractivity contribution in [2.24, 2.45) is 0 Å². The lowest BCUT2D eigenvalue weighted by atomic mass is 10.1. The molecule has 5 nitrogen and oxygen atoms in total. The van der Waals surface area contributed by atoms with Gasteiger partial charge in [-0.05, 0) is 54.8 Å². The molecule has 0 unspecified atom stereocenters. The number of aliphatic hydroxyl groups is 1. The maximum absolute atomic E-state index is 12.0. The lowest BCUT2D eigenvalue weighted by Gasteiger charge is -2.17. The molecular weight excluding hydrogens is 328 g/mol. The maximum Gasteiger partial charge on any atom is 0.319 e. The first kappa shape index (κ1) is 18.1. The van der Waals surface area contributed by atoms with Crippen LogP contribution < -0.4 is 15.4 Å². The standard InChI is InChI=1S/C18H21ClN2O3/c1-24-17-10-3-13(4-11-17)2-7-16(12-22)21-18(23)20-15-8-5-14(19)6-9-15/h3-6,8-11,16,22H,2,7,12H2,1H3,(H2,20,21,23)/t16-/m1/s1. The molecule has 2 amide bonds. The number of carbonyl (C=O) groups is 1. The molecule has 6 heteroatoms. The molecule has 0 aliphatic rings. The normalized spacial score (nSPS) is 11.6. The van der Waals surface area contributed by atoms with E-state index in [-0.39, 0.29) is 18.7 Å². The fourth-order valence-corrected chi connectivity index (χ4v) is 2.35. The molecule has 3 N–H and O–H groups in total. The fourth-order valence-electron chi connectivity index (χ4n) is 2.23. The smallest absolute Gasteiger partial charge is 0.319 e. The third-order valence-corrected chi connectivity index (χ3v) is 3.85. The van der Waals surface area contributed by atoms with E-state index in [0.29, 0.717) is 17.1 Å². The summed E-state index contributed by atoms with van der Waals surface area (Å²) in [4.78, 5) is 12.0. The zero-order valence-electron chi connectivity index (χ0n) is 13.5. The van der Waals surface area contributed by atoms with Crippen molar-refractivity contribution in [3.8, 4) is 5.75 Å². The number of benzene rings is 2. The van der Waals surface area contributed by atoms with Crippen molar-refractivity contribution in [3.05, 3.63) is 59.1 Å². The van der Waals surface area contributed by atoms with Crippen LogP contribution in [0.4, 0.5) is 10.5 Å². The van der Waals surface area contributed by atoms with Crippen LogP contribution in [-0.2, 0) is 6.42 Å². The summed E-state index contributed by atoms with van der Waals surface area (Å²) in [5.74, 6) is 0.804. The molecule has 0 spiro atoms. The molecule has 2 aromatic rings. The fraction of sp³-hybridized carbons (Fsp3) is 0.278. The van der Waals surface area contributed by atoms with Gasteiger partial charge in [0.15, 0.2) is 0 Å². The van der Waals surface area contributed by atoms with Gasteiger partial charge < -0.3 is 20.5 Å². The van der Waals surface area contributed by atoms with E-state index < -0.39 is 0 Å². The number of methoxy groups -OCH3 is 1. The van der Waals surface area contributed by atoms with E-state index in [1.807, 2.05) is 24.3 Å². The van der Waals surface area contributed by atoms with Gasteiger partial charge in [-0.25, -0.2) is 4.79 Å². The summed E-state index contributed by atoms with van der Waals surface area (Å²) in [6, 6.07) is 13.9. The first-order valence-corrected chi connectivity index (χ1v) is 8.05. The van der Waals surface area contributed by atoms with Gasteiger partial charge in [-0.15, -0.1) is 0 Å². The molecule has 2 aromatic carbocycles. The van der Waals surface area contributed by atoms with Crippen molar-refractivity contribution in [2.75, 3.05) is 19.0 Å². The van der Waals surface area contributed by atoms with Crippen LogP contribution in [0.2, 0.25) is 5.02 Å².